The highest BCUT2D eigenvalue weighted by molar-refractivity contribution is 5.37. The van der Waals surface area contributed by atoms with E-state index in [2.05, 4.69) is 29.4 Å². The van der Waals surface area contributed by atoms with Gasteiger partial charge in [-0.05, 0) is 62.3 Å². The summed E-state index contributed by atoms with van der Waals surface area (Å²) >= 11 is 0. The molecule has 1 aliphatic carbocycles. The Morgan fingerprint density at radius 1 is 1.12 bits per heavy atom. The number of fused-ring (bicyclic) bond motifs is 1. The molecule has 2 aliphatic rings. The molecule has 126 valence electrons. The van der Waals surface area contributed by atoms with Gasteiger partial charge < -0.3 is 10.1 Å². The maximum Gasteiger partial charge on any atom is 0.223 e. The molecule has 1 aliphatic heterocycles. The zero-order chi connectivity index (χ0) is 16.4. The number of nitrogens with zero attached hydrogens (tertiary/aromatic N) is 3. The quantitative estimate of drug-likeness (QED) is 0.937. The second-order valence-electron chi connectivity index (χ2n) is 6.87. The third kappa shape index (κ3) is 3.26. The van der Waals surface area contributed by atoms with Crippen LogP contribution in [0.15, 0.2) is 24.5 Å². The molecule has 5 nitrogen and oxygen atoms in total. The van der Waals surface area contributed by atoms with Crippen molar-refractivity contribution < 1.29 is 4.74 Å². The molecule has 2 aromatic heterocycles. The van der Waals surface area contributed by atoms with E-state index < -0.39 is 0 Å². The van der Waals surface area contributed by atoms with Gasteiger partial charge in [-0.15, -0.1) is 0 Å². The highest BCUT2D eigenvalue weighted by Gasteiger charge is 2.29. The van der Waals surface area contributed by atoms with Crippen molar-refractivity contribution in [1.82, 2.24) is 15.0 Å². The molecule has 0 bridgehead atoms. The Bertz CT molecular complexity index is 704. The molecule has 3 heterocycles. The zero-order valence-corrected chi connectivity index (χ0v) is 14.2. The minimum Gasteiger partial charge on any atom is -0.379 e. The van der Waals surface area contributed by atoms with E-state index in [0.717, 1.165) is 44.1 Å². The number of hydrogen-bond acceptors (Lipinski definition) is 5. The van der Waals surface area contributed by atoms with Gasteiger partial charge in [-0.1, -0.05) is 0 Å². The van der Waals surface area contributed by atoms with Crippen molar-refractivity contribution in [3.63, 3.8) is 0 Å². The molecular weight excluding hydrogens is 300 g/mol. The molecule has 0 unspecified atom stereocenters. The second-order valence-corrected chi connectivity index (χ2v) is 6.87. The third-order valence-corrected chi connectivity index (χ3v) is 5.15. The van der Waals surface area contributed by atoms with Crippen molar-refractivity contribution in [2.75, 3.05) is 18.5 Å². The molecule has 1 saturated heterocycles. The van der Waals surface area contributed by atoms with E-state index in [-0.39, 0.29) is 6.04 Å². The average molecular weight is 324 g/mol. The van der Waals surface area contributed by atoms with Crippen LogP contribution in [0.5, 0.6) is 0 Å². The molecule has 0 radical (unpaired) electrons. The highest BCUT2D eigenvalue weighted by Crippen LogP contribution is 2.25. The lowest BCUT2D eigenvalue weighted by Crippen LogP contribution is -2.30. The van der Waals surface area contributed by atoms with E-state index in [1.54, 1.807) is 0 Å². The number of aryl methyl sites for hydroxylation is 2. The van der Waals surface area contributed by atoms with Gasteiger partial charge in [0, 0.05) is 29.7 Å². The number of rotatable bonds is 4. The first-order chi connectivity index (χ1) is 11.8. The predicted molar refractivity (Wildman–Crippen MR) is 93.1 cm³/mol. The van der Waals surface area contributed by atoms with Crippen LogP contribution in [0.25, 0.3) is 0 Å². The van der Waals surface area contributed by atoms with E-state index in [1.165, 1.54) is 29.7 Å². The first-order valence-electron chi connectivity index (χ1n) is 8.89. The lowest BCUT2D eigenvalue weighted by Gasteiger charge is -2.22. The van der Waals surface area contributed by atoms with Crippen LogP contribution in [0, 0.1) is 12.8 Å². The van der Waals surface area contributed by atoms with Crippen LogP contribution in [-0.2, 0) is 24.0 Å². The molecule has 0 saturated carbocycles. The molecule has 0 spiro atoms. The molecule has 4 rings (SSSR count). The van der Waals surface area contributed by atoms with Crippen LogP contribution in [0.2, 0.25) is 0 Å². The van der Waals surface area contributed by atoms with Crippen molar-refractivity contribution in [3.05, 3.63) is 47.0 Å². The summed E-state index contributed by atoms with van der Waals surface area (Å²) in [6.07, 6.45) is 9.39. The predicted octanol–water partition coefficient (Wildman–Crippen LogP) is 2.73. The molecule has 1 fully saturated rings. The average Bonchev–Trinajstić information content (AvgIpc) is 3.03. The van der Waals surface area contributed by atoms with Crippen LogP contribution in [0.4, 0.5) is 5.95 Å². The molecule has 1 N–H and O–H groups in total. The van der Waals surface area contributed by atoms with Gasteiger partial charge in [0.25, 0.3) is 0 Å². The summed E-state index contributed by atoms with van der Waals surface area (Å²) in [6, 6.07) is 4.42. The highest BCUT2D eigenvalue weighted by atomic mass is 16.5. The van der Waals surface area contributed by atoms with E-state index in [4.69, 9.17) is 14.7 Å². The van der Waals surface area contributed by atoms with Crippen molar-refractivity contribution in [3.8, 4) is 0 Å². The number of pyridine rings is 1. The second kappa shape index (κ2) is 6.85. The maximum absolute atomic E-state index is 5.72. The van der Waals surface area contributed by atoms with E-state index >= 15 is 0 Å². The molecule has 5 heteroatoms. The van der Waals surface area contributed by atoms with Crippen LogP contribution >= 0.6 is 0 Å². The number of ether oxygens (including phenoxy) is 1. The Labute approximate surface area is 142 Å². The van der Waals surface area contributed by atoms with Crippen LogP contribution in [0.3, 0.4) is 0 Å². The molecule has 0 amide bonds. The monoisotopic (exact) mass is 324 g/mol. The Kier molecular flexibility index (Phi) is 4.43. The summed E-state index contributed by atoms with van der Waals surface area (Å²) in [5.41, 5.74) is 5.03. The number of hydrogen-bond donors (Lipinski definition) is 1. The molecule has 2 aromatic rings. The molecular formula is C19H24N4O. The van der Waals surface area contributed by atoms with Gasteiger partial charge in [0.15, 0.2) is 0 Å². The Hall–Kier alpha value is -2.01. The SMILES string of the molecule is Cc1nc(N[C@@H]2COC[C@H]2Cc2ccncc2)nc2c1CCCC2. The first kappa shape index (κ1) is 15.5. The minimum absolute atomic E-state index is 0.263. The minimum atomic E-state index is 0.263. The van der Waals surface area contributed by atoms with Crippen LogP contribution in [-0.4, -0.2) is 34.2 Å². The van der Waals surface area contributed by atoms with Crippen molar-refractivity contribution in [1.29, 1.82) is 0 Å². The van der Waals surface area contributed by atoms with Crippen molar-refractivity contribution in [2.24, 2.45) is 5.92 Å². The van der Waals surface area contributed by atoms with Gasteiger partial charge in [-0.25, -0.2) is 9.97 Å². The number of anilines is 1. The Morgan fingerprint density at radius 2 is 1.96 bits per heavy atom. The van der Waals surface area contributed by atoms with E-state index in [0.29, 0.717) is 5.92 Å². The van der Waals surface area contributed by atoms with Crippen LogP contribution < -0.4 is 5.32 Å². The zero-order valence-electron chi connectivity index (χ0n) is 14.2. The molecule has 2 atom stereocenters. The normalized spacial score (nSPS) is 23.0. The topological polar surface area (TPSA) is 59.9 Å². The van der Waals surface area contributed by atoms with E-state index in [1.807, 2.05) is 12.4 Å². The fourth-order valence-electron chi connectivity index (χ4n) is 3.79. The van der Waals surface area contributed by atoms with Gasteiger partial charge in [0.2, 0.25) is 5.95 Å². The van der Waals surface area contributed by atoms with E-state index in [9.17, 15) is 0 Å². The first-order valence-corrected chi connectivity index (χ1v) is 8.89. The van der Waals surface area contributed by atoms with Crippen molar-refractivity contribution >= 4 is 5.95 Å². The van der Waals surface area contributed by atoms with Gasteiger partial charge in [-0.3, -0.25) is 4.98 Å². The summed E-state index contributed by atoms with van der Waals surface area (Å²) in [6.45, 7) is 3.61. The van der Waals surface area contributed by atoms with Crippen LogP contribution in [0.1, 0.15) is 35.4 Å². The fraction of sp³-hybridized carbons (Fsp3) is 0.526. The summed E-state index contributed by atoms with van der Waals surface area (Å²) in [7, 11) is 0. The van der Waals surface area contributed by atoms with Gasteiger partial charge in [0.1, 0.15) is 0 Å². The Balaban J connectivity index is 1.49. The lowest BCUT2D eigenvalue weighted by molar-refractivity contribution is 0.185. The van der Waals surface area contributed by atoms with Gasteiger partial charge >= 0.3 is 0 Å². The molecule has 24 heavy (non-hydrogen) atoms. The number of aromatic nitrogens is 3. The summed E-state index contributed by atoms with van der Waals surface area (Å²) in [4.78, 5) is 13.6. The smallest absolute Gasteiger partial charge is 0.223 e. The third-order valence-electron chi connectivity index (χ3n) is 5.15. The number of nitrogens with one attached hydrogen (secondary N) is 1. The lowest BCUT2D eigenvalue weighted by atomic mass is 9.94. The summed E-state index contributed by atoms with van der Waals surface area (Å²) in [5.74, 6) is 1.20. The maximum atomic E-state index is 5.72. The summed E-state index contributed by atoms with van der Waals surface area (Å²) in [5, 5.41) is 3.54. The largest absolute Gasteiger partial charge is 0.379 e. The van der Waals surface area contributed by atoms with Gasteiger partial charge in [0.05, 0.1) is 19.3 Å². The summed E-state index contributed by atoms with van der Waals surface area (Å²) < 4.78 is 5.72. The van der Waals surface area contributed by atoms with Gasteiger partial charge in [-0.2, -0.15) is 0 Å². The van der Waals surface area contributed by atoms with Crippen molar-refractivity contribution in [2.45, 2.75) is 45.1 Å². The molecule has 0 aromatic carbocycles. The fourth-order valence-corrected chi connectivity index (χ4v) is 3.79. The Morgan fingerprint density at radius 3 is 2.83 bits per heavy atom. The standard InChI is InChI=1S/C19H24N4O/c1-13-16-4-2-3-5-17(16)22-19(21-13)23-18-12-24-11-15(18)10-14-6-8-20-9-7-14/h6-9,15,18H,2-5,10-12H2,1H3,(H,21,22,23)/t15-,18-/m1/s1.